The normalized spacial score (nSPS) is 17.6. The Balaban J connectivity index is 1.62. The summed E-state index contributed by atoms with van der Waals surface area (Å²) in [5, 5.41) is 15.2. The molecular weight excluding hydrogens is 314 g/mol. The number of hydrogen-bond donors (Lipinski definition) is 1. The van der Waals surface area contributed by atoms with Crippen molar-refractivity contribution in [1.82, 2.24) is 14.7 Å². The van der Waals surface area contributed by atoms with Gasteiger partial charge in [0.2, 0.25) is 5.88 Å². The smallest absolute Gasteiger partial charge is 0.216 e. The Morgan fingerprint density at radius 2 is 1.92 bits per heavy atom. The predicted molar refractivity (Wildman–Crippen MR) is 98.5 cm³/mol. The highest BCUT2D eigenvalue weighted by molar-refractivity contribution is 5.31. The molecule has 0 amide bonds. The summed E-state index contributed by atoms with van der Waals surface area (Å²) in [5.41, 5.74) is 3.35. The molecule has 1 aliphatic rings. The quantitative estimate of drug-likeness (QED) is 0.876. The molecule has 5 nitrogen and oxygen atoms in total. The minimum absolute atomic E-state index is 0.333. The maximum atomic E-state index is 10.6. The molecule has 1 fully saturated rings. The number of benzene rings is 1. The van der Waals surface area contributed by atoms with Gasteiger partial charge in [-0.2, -0.15) is 5.10 Å². The summed E-state index contributed by atoms with van der Waals surface area (Å²) in [7, 11) is 3.65. The van der Waals surface area contributed by atoms with Crippen LogP contribution >= 0.6 is 0 Å². The second-order valence-corrected chi connectivity index (χ2v) is 6.88. The van der Waals surface area contributed by atoms with E-state index in [0.717, 1.165) is 56.0 Å². The summed E-state index contributed by atoms with van der Waals surface area (Å²) in [6, 6.07) is 10.0. The molecule has 0 saturated carbocycles. The largest absolute Gasteiger partial charge is 0.481 e. The van der Waals surface area contributed by atoms with Gasteiger partial charge in [0.25, 0.3) is 0 Å². The van der Waals surface area contributed by atoms with Crippen molar-refractivity contribution < 1.29 is 9.84 Å². The third-order valence-electron chi connectivity index (χ3n) is 5.30. The lowest BCUT2D eigenvalue weighted by Crippen LogP contribution is -2.35. The molecule has 2 aromatic rings. The predicted octanol–water partition coefficient (Wildman–Crippen LogP) is 2.94. The summed E-state index contributed by atoms with van der Waals surface area (Å²) in [5.74, 6) is 1.20. The third kappa shape index (κ3) is 3.88. The van der Waals surface area contributed by atoms with E-state index < -0.39 is 0 Å². The van der Waals surface area contributed by atoms with E-state index >= 15 is 0 Å². The number of hydrogen-bond acceptors (Lipinski definition) is 4. The Bertz CT molecular complexity index is 676. The van der Waals surface area contributed by atoms with Gasteiger partial charge in [-0.3, -0.25) is 4.90 Å². The molecule has 0 aliphatic carbocycles. The highest BCUT2D eigenvalue weighted by Crippen LogP contribution is 2.32. The van der Waals surface area contributed by atoms with E-state index in [1.165, 1.54) is 5.56 Å². The average Bonchev–Trinajstić information content (AvgIpc) is 2.97. The number of rotatable bonds is 6. The van der Waals surface area contributed by atoms with Gasteiger partial charge in [0.1, 0.15) is 0 Å². The standard InChI is InChI=1S/C20H29N3O2/c1-4-18-17(20(25-3)22(2)21-18)14-23-12-10-16(11-13-23)19(24)15-8-6-5-7-9-15/h5-9,16,19,24H,4,10-14H2,1-3H3. The van der Waals surface area contributed by atoms with E-state index in [9.17, 15) is 5.11 Å². The van der Waals surface area contributed by atoms with Crippen molar-refractivity contribution >= 4 is 0 Å². The van der Waals surface area contributed by atoms with Crippen LogP contribution in [-0.2, 0) is 20.0 Å². The van der Waals surface area contributed by atoms with Crippen molar-refractivity contribution in [3.8, 4) is 5.88 Å². The van der Waals surface area contributed by atoms with Crippen LogP contribution in [0, 0.1) is 5.92 Å². The summed E-state index contributed by atoms with van der Waals surface area (Å²) >= 11 is 0. The number of nitrogens with zero attached hydrogens (tertiary/aromatic N) is 3. The second-order valence-electron chi connectivity index (χ2n) is 6.88. The maximum Gasteiger partial charge on any atom is 0.216 e. The highest BCUT2D eigenvalue weighted by Gasteiger charge is 2.27. The lowest BCUT2D eigenvalue weighted by atomic mass is 9.87. The maximum absolute atomic E-state index is 10.6. The molecule has 5 heteroatoms. The van der Waals surface area contributed by atoms with Crippen molar-refractivity contribution in [3.05, 3.63) is 47.2 Å². The van der Waals surface area contributed by atoms with E-state index in [-0.39, 0.29) is 6.10 Å². The minimum Gasteiger partial charge on any atom is -0.481 e. The molecule has 1 unspecified atom stereocenters. The summed E-state index contributed by atoms with van der Waals surface area (Å²) in [6.07, 6.45) is 2.58. The number of methoxy groups -OCH3 is 1. The van der Waals surface area contributed by atoms with E-state index in [0.29, 0.717) is 5.92 Å². The first-order valence-electron chi connectivity index (χ1n) is 9.18. The van der Waals surface area contributed by atoms with E-state index in [1.807, 2.05) is 42.1 Å². The summed E-state index contributed by atoms with van der Waals surface area (Å²) in [4.78, 5) is 2.45. The molecule has 25 heavy (non-hydrogen) atoms. The molecule has 1 aliphatic heterocycles. The molecule has 1 atom stereocenters. The highest BCUT2D eigenvalue weighted by atomic mass is 16.5. The van der Waals surface area contributed by atoms with Gasteiger partial charge in [0, 0.05) is 13.6 Å². The minimum atomic E-state index is -0.359. The Morgan fingerprint density at radius 3 is 2.52 bits per heavy atom. The van der Waals surface area contributed by atoms with Crippen LogP contribution in [0.4, 0.5) is 0 Å². The molecule has 0 bridgehead atoms. The number of ether oxygens (including phenoxy) is 1. The molecule has 1 saturated heterocycles. The van der Waals surface area contributed by atoms with Crippen molar-refractivity contribution in [2.24, 2.45) is 13.0 Å². The molecule has 3 rings (SSSR count). The second kappa shape index (κ2) is 8.02. The first kappa shape index (κ1) is 18.0. The zero-order chi connectivity index (χ0) is 17.8. The molecule has 1 aromatic carbocycles. The lowest BCUT2D eigenvalue weighted by Gasteiger charge is -2.34. The zero-order valence-corrected chi connectivity index (χ0v) is 15.5. The Hall–Kier alpha value is -1.85. The van der Waals surface area contributed by atoms with Gasteiger partial charge in [0.05, 0.1) is 24.5 Å². The first-order valence-corrected chi connectivity index (χ1v) is 9.18. The van der Waals surface area contributed by atoms with Gasteiger partial charge in [-0.05, 0) is 43.8 Å². The summed E-state index contributed by atoms with van der Waals surface area (Å²) < 4.78 is 7.38. The van der Waals surface area contributed by atoms with Crippen molar-refractivity contribution in [1.29, 1.82) is 0 Å². The average molecular weight is 343 g/mol. The van der Waals surface area contributed by atoms with Crippen molar-refractivity contribution in [2.75, 3.05) is 20.2 Å². The number of aliphatic hydroxyl groups is 1. The van der Waals surface area contributed by atoms with Crippen LogP contribution in [0.25, 0.3) is 0 Å². The molecule has 2 heterocycles. The van der Waals surface area contributed by atoms with Crippen LogP contribution in [0.2, 0.25) is 0 Å². The van der Waals surface area contributed by atoms with Gasteiger partial charge in [-0.1, -0.05) is 37.3 Å². The summed E-state index contributed by atoms with van der Waals surface area (Å²) in [6.45, 7) is 4.99. The van der Waals surface area contributed by atoms with Crippen LogP contribution in [0.5, 0.6) is 5.88 Å². The number of aryl methyl sites for hydroxylation is 2. The number of aliphatic hydroxyl groups excluding tert-OH is 1. The lowest BCUT2D eigenvalue weighted by molar-refractivity contribution is 0.0565. The van der Waals surface area contributed by atoms with E-state index in [4.69, 9.17) is 4.74 Å². The third-order valence-corrected chi connectivity index (χ3v) is 5.30. The van der Waals surface area contributed by atoms with Crippen LogP contribution in [0.3, 0.4) is 0 Å². The van der Waals surface area contributed by atoms with Gasteiger partial charge >= 0.3 is 0 Å². The zero-order valence-electron chi connectivity index (χ0n) is 15.5. The van der Waals surface area contributed by atoms with Gasteiger partial charge in [0.15, 0.2) is 0 Å². The van der Waals surface area contributed by atoms with Crippen molar-refractivity contribution in [2.45, 2.75) is 38.8 Å². The Kier molecular flexibility index (Phi) is 5.76. The number of aromatic nitrogens is 2. The van der Waals surface area contributed by atoms with Crippen LogP contribution < -0.4 is 4.74 Å². The molecule has 136 valence electrons. The van der Waals surface area contributed by atoms with E-state index in [1.54, 1.807) is 7.11 Å². The Labute approximate surface area is 150 Å². The fourth-order valence-electron chi connectivity index (χ4n) is 3.88. The number of piperidine rings is 1. The van der Waals surface area contributed by atoms with Crippen LogP contribution in [0.15, 0.2) is 30.3 Å². The van der Waals surface area contributed by atoms with E-state index in [2.05, 4.69) is 16.9 Å². The SMILES string of the molecule is CCc1nn(C)c(OC)c1CN1CCC(C(O)c2ccccc2)CC1. The Morgan fingerprint density at radius 1 is 1.24 bits per heavy atom. The van der Waals surface area contributed by atoms with Crippen molar-refractivity contribution in [3.63, 3.8) is 0 Å². The molecule has 0 spiro atoms. The topological polar surface area (TPSA) is 50.5 Å². The van der Waals surface area contributed by atoms with Crippen LogP contribution in [0.1, 0.15) is 42.7 Å². The van der Waals surface area contributed by atoms with Gasteiger partial charge < -0.3 is 9.84 Å². The molecule has 0 radical (unpaired) electrons. The first-order chi connectivity index (χ1) is 12.1. The van der Waals surface area contributed by atoms with Gasteiger partial charge in [-0.25, -0.2) is 4.68 Å². The van der Waals surface area contributed by atoms with Gasteiger partial charge in [-0.15, -0.1) is 0 Å². The monoisotopic (exact) mass is 343 g/mol. The molecular formula is C20H29N3O2. The molecule has 1 N–H and O–H groups in total. The number of likely N-dealkylation sites (tertiary alicyclic amines) is 1. The van der Waals surface area contributed by atoms with Crippen LogP contribution in [-0.4, -0.2) is 40.0 Å². The fraction of sp³-hybridized carbons (Fsp3) is 0.550. The fourth-order valence-corrected chi connectivity index (χ4v) is 3.88. The molecule has 1 aromatic heterocycles.